The van der Waals surface area contributed by atoms with E-state index in [0.717, 1.165) is 58.7 Å². The molecule has 0 saturated carbocycles. The molecule has 1 atom stereocenters. The van der Waals surface area contributed by atoms with Crippen LogP contribution in [-0.4, -0.2) is 43.3 Å². The highest BCUT2D eigenvalue weighted by molar-refractivity contribution is 7.22. The molecule has 1 amide bonds. The molecule has 2 aliphatic rings. The molecule has 6 nitrogen and oxygen atoms in total. The molecule has 0 unspecified atom stereocenters. The highest BCUT2D eigenvalue weighted by Gasteiger charge is 2.28. The lowest BCUT2D eigenvalue weighted by atomic mass is 10.1. The van der Waals surface area contributed by atoms with Gasteiger partial charge in [0.1, 0.15) is 5.75 Å². The molecular formula is C20H19N3O3S. The summed E-state index contributed by atoms with van der Waals surface area (Å²) in [4.78, 5) is 19.6. The summed E-state index contributed by atoms with van der Waals surface area (Å²) in [7, 11) is 0. The SMILES string of the molecule is O=C(Nc1ccc2nc(N3CCOCC3)sc2c1)[C@H]1Cc2ccccc2O1. The molecule has 3 heterocycles. The van der Waals surface area contributed by atoms with Crippen LogP contribution in [0, 0.1) is 0 Å². The lowest BCUT2D eigenvalue weighted by molar-refractivity contribution is -0.122. The van der Waals surface area contributed by atoms with Crippen LogP contribution in [0.3, 0.4) is 0 Å². The van der Waals surface area contributed by atoms with Crippen LogP contribution in [0.15, 0.2) is 42.5 Å². The fourth-order valence-electron chi connectivity index (χ4n) is 3.43. The van der Waals surface area contributed by atoms with Gasteiger partial charge in [0, 0.05) is 25.2 Å². The maximum absolute atomic E-state index is 12.6. The van der Waals surface area contributed by atoms with E-state index < -0.39 is 6.10 Å². The number of ether oxygens (including phenoxy) is 2. The number of fused-ring (bicyclic) bond motifs is 2. The molecule has 0 spiro atoms. The second-order valence-corrected chi connectivity index (χ2v) is 7.70. The van der Waals surface area contributed by atoms with Gasteiger partial charge in [-0.15, -0.1) is 0 Å². The summed E-state index contributed by atoms with van der Waals surface area (Å²) in [6.45, 7) is 3.20. The zero-order valence-electron chi connectivity index (χ0n) is 14.7. The van der Waals surface area contributed by atoms with Crippen molar-refractivity contribution >= 4 is 38.3 Å². The zero-order chi connectivity index (χ0) is 18.2. The van der Waals surface area contributed by atoms with Gasteiger partial charge in [0.05, 0.1) is 23.4 Å². The van der Waals surface area contributed by atoms with Crippen LogP contribution in [0.4, 0.5) is 10.8 Å². The van der Waals surface area contributed by atoms with Crippen molar-refractivity contribution < 1.29 is 14.3 Å². The Balaban J connectivity index is 1.31. The first kappa shape index (κ1) is 16.5. The number of para-hydroxylation sites is 1. The van der Waals surface area contributed by atoms with Gasteiger partial charge in [0.15, 0.2) is 11.2 Å². The van der Waals surface area contributed by atoms with Crippen molar-refractivity contribution in [3.05, 3.63) is 48.0 Å². The molecule has 2 aromatic carbocycles. The highest BCUT2D eigenvalue weighted by Crippen LogP contribution is 2.32. The minimum atomic E-state index is -0.483. The molecule has 1 saturated heterocycles. The van der Waals surface area contributed by atoms with Crippen molar-refractivity contribution in [3.63, 3.8) is 0 Å². The molecule has 1 fully saturated rings. The molecule has 138 valence electrons. The number of anilines is 2. The Morgan fingerprint density at radius 3 is 2.89 bits per heavy atom. The van der Waals surface area contributed by atoms with E-state index in [4.69, 9.17) is 14.5 Å². The Bertz CT molecular complexity index is 972. The molecule has 27 heavy (non-hydrogen) atoms. The fourth-order valence-corrected chi connectivity index (χ4v) is 4.49. The topological polar surface area (TPSA) is 63.7 Å². The minimum Gasteiger partial charge on any atom is -0.480 e. The highest BCUT2D eigenvalue weighted by atomic mass is 32.1. The Morgan fingerprint density at radius 2 is 2.04 bits per heavy atom. The van der Waals surface area contributed by atoms with Crippen LogP contribution in [0.1, 0.15) is 5.56 Å². The number of nitrogens with one attached hydrogen (secondary N) is 1. The molecule has 0 aliphatic carbocycles. The number of carbonyl (C=O) groups excluding carboxylic acids is 1. The number of nitrogens with zero attached hydrogens (tertiary/aromatic N) is 2. The number of amides is 1. The van der Waals surface area contributed by atoms with Crippen LogP contribution in [-0.2, 0) is 16.0 Å². The molecule has 1 N–H and O–H groups in total. The van der Waals surface area contributed by atoms with Crippen molar-refractivity contribution in [1.82, 2.24) is 4.98 Å². The number of rotatable bonds is 3. The minimum absolute atomic E-state index is 0.122. The third kappa shape index (κ3) is 3.24. The van der Waals surface area contributed by atoms with Gasteiger partial charge in [-0.3, -0.25) is 4.79 Å². The third-order valence-corrected chi connectivity index (χ3v) is 5.94. The molecule has 0 radical (unpaired) electrons. The fraction of sp³-hybridized carbons (Fsp3) is 0.300. The smallest absolute Gasteiger partial charge is 0.265 e. The van der Waals surface area contributed by atoms with E-state index >= 15 is 0 Å². The number of hydrogen-bond acceptors (Lipinski definition) is 6. The van der Waals surface area contributed by atoms with Gasteiger partial charge in [-0.05, 0) is 29.8 Å². The van der Waals surface area contributed by atoms with E-state index in [-0.39, 0.29) is 5.91 Å². The summed E-state index contributed by atoms with van der Waals surface area (Å²) in [5.41, 5.74) is 2.79. The van der Waals surface area contributed by atoms with Crippen molar-refractivity contribution in [2.24, 2.45) is 0 Å². The predicted octanol–water partition coefficient (Wildman–Crippen LogP) is 3.08. The zero-order valence-corrected chi connectivity index (χ0v) is 15.5. The largest absolute Gasteiger partial charge is 0.480 e. The van der Waals surface area contributed by atoms with Crippen LogP contribution < -0.4 is 15.0 Å². The molecule has 7 heteroatoms. The Morgan fingerprint density at radius 1 is 1.19 bits per heavy atom. The molecule has 2 aliphatic heterocycles. The molecule has 3 aromatic rings. The van der Waals surface area contributed by atoms with Gasteiger partial charge in [-0.2, -0.15) is 0 Å². The van der Waals surface area contributed by atoms with E-state index in [2.05, 4.69) is 10.2 Å². The summed E-state index contributed by atoms with van der Waals surface area (Å²) in [6.07, 6.45) is 0.120. The van der Waals surface area contributed by atoms with Gasteiger partial charge < -0.3 is 19.7 Å². The van der Waals surface area contributed by atoms with Gasteiger partial charge in [0.2, 0.25) is 0 Å². The lowest BCUT2D eigenvalue weighted by Crippen LogP contribution is -2.36. The predicted molar refractivity (Wildman–Crippen MR) is 106 cm³/mol. The number of thiazole rings is 1. The van der Waals surface area contributed by atoms with Crippen LogP contribution in [0.5, 0.6) is 5.75 Å². The van der Waals surface area contributed by atoms with Gasteiger partial charge >= 0.3 is 0 Å². The van der Waals surface area contributed by atoms with Crippen molar-refractivity contribution in [2.75, 3.05) is 36.5 Å². The summed E-state index contributed by atoms with van der Waals surface area (Å²) >= 11 is 1.64. The second-order valence-electron chi connectivity index (χ2n) is 6.69. The second kappa shape index (κ2) is 6.83. The number of benzene rings is 2. The standard InChI is InChI=1S/C20H19N3O3S/c24-19(17-11-13-3-1-2-4-16(13)26-17)21-14-5-6-15-18(12-14)27-20(22-15)23-7-9-25-10-8-23/h1-6,12,17H,7-11H2,(H,21,24)/t17-/m1/s1. The number of aromatic nitrogens is 1. The van der Waals surface area contributed by atoms with E-state index in [1.165, 1.54) is 0 Å². The monoisotopic (exact) mass is 381 g/mol. The van der Waals surface area contributed by atoms with Gasteiger partial charge in [-0.1, -0.05) is 29.5 Å². The van der Waals surface area contributed by atoms with Crippen molar-refractivity contribution in [3.8, 4) is 5.75 Å². The van der Waals surface area contributed by atoms with Crippen LogP contribution in [0.2, 0.25) is 0 Å². The average molecular weight is 381 g/mol. The summed E-state index contributed by atoms with van der Waals surface area (Å²) < 4.78 is 12.2. The Labute approximate surface area is 160 Å². The van der Waals surface area contributed by atoms with E-state index in [1.54, 1.807) is 11.3 Å². The first-order valence-corrected chi connectivity index (χ1v) is 9.87. The first-order valence-electron chi connectivity index (χ1n) is 9.05. The van der Waals surface area contributed by atoms with Crippen molar-refractivity contribution in [2.45, 2.75) is 12.5 Å². The van der Waals surface area contributed by atoms with Gasteiger partial charge in [-0.25, -0.2) is 4.98 Å². The van der Waals surface area contributed by atoms with Crippen molar-refractivity contribution in [1.29, 1.82) is 0 Å². The summed E-state index contributed by atoms with van der Waals surface area (Å²) in [5, 5.41) is 3.99. The number of morpholine rings is 1. The quantitative estimate of drug-likeness (QED) is 0.755. The van der Waals surface area contributed by atoms with E-state index in [9.17, 15) is 4.79 Å². The Kier molecular flexibility index (Phi) is 4.18. The summed E-state index contributed by atoms with van der Waals surface area (Å²) in [6, 6.07) is 13.6. The first-order chi connectivity index (χ1) is 13.3. The maximum Gasteiger partial charge on any atom is 0.265 e. The van der Waals surface area contributed by atoms with Gasteiger partial charge in [0.25, 0.3) is 5.91 Å². The molecule has 0 bridgehead atoms. The summed E-state index contributed by atoms with van der Waals surface area (Å²) in [5.74, 6) is 0.675. The average Bonchev–Trinajstić information content (AvgIpc) is 3.32. The van der Waals surface area contributed by atoms with E-state index in [1.807, 2.05) is 42.5 Å². The van der Waals surface area contributed by atoms with Crippen LogP contribution >= 0.6 is 11.3 Å². The maximum atomic E-state index is 12.6. The molecular weight excluding hydrogens is 362 g/mol. The Hall–Kier alpha value is -2.64. The number of hydrogen-bond donors (Lipinski definition) is 1. The third-order valence-electron chi connectivity index (χ3n) is 4.87. The normalized spacial score (nSPS) is 19.0. The van der Waals surface area contributed by atoms with Crippen LogP contribution in [0.25, 0.3) is 10.2 Å². The molecule has 1 aromatic heterocycles. The molecule has 5 rings (SSSR count). The van der Waals surface area contributed by atoms with E-state index in [0.29, 0.717) is 6.42 Å². The lowest BCUT2D eigenvalue weighted by Gasteiger charge is -2.25. The number of carbonyl (C=O) groups is 1.